The molecule has 3 nitrogen and oxygen atoms in total. The molecule has 1 N–H and O–H groups in total. The first-order chi connectivity index (χ1) is 6.95. The topological polar surface area (TPSA) is 28.2 Å². The van der Waals surface area contributed by atoms with E-state index >= 15 is 0 Å². The maximum Gasteiger partial charge on any atom is 0.0794 e. The van der Waals surface area contributed by atoms with Gasteiger partial charge in [0.25, 0.3) is 0 Å². The minimum Gasteiger partial charge on any atom is -0.315 e. The number of aromatic nitrogens is 1. The molecule has 0 bridgehead atoms. The summed E-state index contributed by atoms with van der Waals surface area (Å²) >= 11 is 1.69. The van der Waals surface area contributed by atoms with Crippen molar-refractivity contribution in [2.24, 2.45) is 0 Å². The molecule has 1 aromatic rings. The number of nitrogens with zero attached hydrogens (tertiary/aromatic N) is 2. The zero-order chi connectivity index (χ0) is 9.64. The highest BCUT2D eigenvalue weighted by molar-refractivity contribution is 7.07. The highest BCUT2D eigenvalue weighted by Gasteiger charge is 2.08. The Balaban J connectivity index is 1.73. The molecule has 14 heavy (non-hydrogen) atoms. The minimum atomic E-state index is 1.10. The predicted molar refractivity (Wildman–Crippen MR) is 59.7 cm³/mol. The molecule has 0 unspecified atom stereocenters. The van der Waals surface area contributed by atoms with E-state index in [9.17, 15) is 0 Å². The standard InChI is InChI=1S/C10H17N3S/c1-3-11-4-7-13(5-1)6-2-10-8-14-9-12-10/h8-9,11H,1-7H2. The van der Waals surface area contributed by atoms with Crippen molar-refractivity contribution in [2.45, 2.75) is 12.8 Å². The molecular formula is C10H17N3S. The van der Waals surface area contributed by atoms with Crippen molar-refractivity contribution < 1.29 is 0 Å². The van der Waals surface area contributed by atoms with Crippen LogP contribution in [0.4, 0.5) is 0 Å². The predicted octanol–water partition coefficient (Wildman–Crippen LogP) is 0.981. The Morgan fingerprint density at radius 1 is 1.43 bits per heavy atom. The van der Waals surface area contributed by atoms with Gasteiger partial charge in [-0.05, 0) is 19.5 Å². The Bertz CT molecular complexity index is 240. The summed E-state index contributed by atoms with van der Waals surface area (Å²) in [7, 11) is 0. The zero-order valence-electron chi connectivity index (χ0n) is 8.41. The molecule has 78 valence electrons. The van der Waals surface area contributed by atoms with Crippen LogP contribution < -0.4 is 5.32 Å². The van der Waals surface area contributed by atoms with Gasteiger partial charge in [-0.3, -0.25) is 0 Å². The molecule has 0 atom stereocenters. The molecule has 0 spiro atoms. The van der Waals surface area contributed by atoms with Crippen LogP contribution in [0.25, 0.3) is 0 Å². The molecule has 0 amide bonds. The number of rotatable bonds is 3. The summed E-state index contributed by atoms with van der Waals surface area (Å²) in [6.45, 7) is 5.89. The second kappa shape index (κ2) is 5.44. The quantitative estimate of drug-likeness (QED) is 0.808. The van der Waals surface area contributed by atoms with Gasteiger partial charge in [0, 0.05) is 31.4 Å². The fraction of sp³-hybridized carbons (Fsp3) is 0.700. The van der Waals surface area contributed by atoms with Gasteiger partial charge in [-0.1, -0.05) is 0 Å². The molecule has 2 heterocycles. The van der Waals surface area contributed by atoms with Gasteiger partial charge in [0.2, 0.25) is 0 Å². The molecule has 4 heteroatoms. The molecule has 2 rings (SSSR count). The summed E-state index contributed by atoms with van der Waals surface area (Å²) in [5.74, 6) is 0. The van der Waals surface area contributed by atoms with Crippen LogP contribution >= 0.6 is 11.3 Å². The highest BCUT2D eigenvalue weighted by Crippen LogP contribution is 2.03. The van der Waals surface area contributed by atoms with Crippen LogP contribution in [-0.2, 0) is 6.42 Å². The second-order valence-electron chi connectivity index (χ2n) is 3.67. The normalized spacial score (nSPS) is 19.4. The summed E-state index contributed by atoms with van der Waals surface area (Å²) in [6, 6.07) is 0. The molecule has 1 aromatic heterocycles. The van der Waals surface area contributed by atoms with Gasteiger partial charge >= 0.3 is 0 Å². The second-order valence-corrected chi connectivity index (χ2v) is 4.39. The Hall–Kier alpha value is -0.450. The van der Waals surface area contributed by atoms with E-state index < -0.39 is 0 Å². The van der Waals surface area contributed by atoms with E-state index in [1.165, 1.54) is 31.7 Å². The molecule has 0 aromatic carbocycles. The third-order valence-corrected chi connectivity index (χ3v) is 3.24. The molecule has 1 aliphatic rings. The molecule has 1 aliphatic heterocycles. The lowest BCUT2D eigenvalue weighted by Crippen LogP contribution is -2.30. The summed E-state index contributed by atoms with van der Waals surface area (Å²) in [4.78, 5) is 6.83. The maximum atomic E-state index is 4.30. The fourth-order valence-electron chi connectivity index (χ4n) is 1.76. The van der Waals surface area contributed by atoms with Crippen LogP contribution in [0.15, 0.2) is 10.9 Å². The van der Waals surface area contributed by atoms with Gasteiger partial charge in [0.05, 0.1) is 11.2 Å². The van der Waals surface area contributed by atoms with Crippen LogP contribution in [0.1, 0.15) is 12.1 Å². The molecule has 1 fully saturated rings. The van der Waals surface area contributed by atoms with Gasteiger partial charge in [-0.15, -0.1) is 11.3 Å². The lowest BCUT2D eigenvalue weighted by molar-refractivity contribution is 0.295. The number of nitrogens with one attached hydrogen (secondary N) is 1. The summed E-state index contributed by atoms with van der Waals surface area (Å²) in [5, 5.41) is 5.56. The summed E-state index contributed by atoms with van der Waals surface area (Å²) in [5.41, 5.74) is 3.16. The van der Waals surface area contributed by atoms with Gasteiger partial charge < -0.3 is 10.2 Å². The van der Waals surface area contributed by atoms with Crippen molar-refractivity contribution in [2.75, 3.05) is 32.7 Å². The van der Waals surface area contributed by atoms with E-state index in [-0.39, 0.29) is 0 Å². The fourth-order valence-corrected chi connectivity index (χ4v) is 2.35. The first-order valence-corrected chi connectivity index (χ1v) is 6.19. The average Bonchev–Trinajstić information content (AvgIpc) is 2.58. The van der Waals surface area contributed by atoms with Crippen molar-refractivity contribution >= 4 is 11.3 Å². The Morgan fingerprint density at radius 3 is 3.29 bits per heavy atom. The monoisotopic (exact) mass is 211 g/mol. The molecule has 1 saturated heterocycles. The summed E-state index contributed by atoms with van der Waals surface area (Å²) in [6.07, 6.45) is 2.38. The van der Waals surface area contributed by atoms with Crippen LogP contribution in [-0.4, -0.2) is 42.6 Å². The first kappa shape index (κ1) is 10.1. The van der Waals surface area contributed by atoms with E-state index in [2.05, 4.69) is 20.6 Å². The van der Waals surface area contributed by atoms with Crippen molar-refractivity contribution in [1.29, 1.82) is 0 Å². The van der Waals surface area contributed by atoms with E-state index in [1.807, 2.05) is 5.51 Å². The Labute approximate surface area is 89.1 Å². The third-order valence-electron chi connectivity index (χ3n) is 2.60. The lowest BCUT2D eigenvalue weighted by atomic mass is 10.3. The van der Waals surface area contributed by atoms with Crippen molar-refractivity contribution in [3.8, 4) is 0 Å². The van der Waals surface area contributed by atoms with Crippen LogP contribution in [0.2, 0.25) is 0 Å². The number of thiazole rings is 1. The molecule has 0 radical (unpaired) electrons. The van der Waals surface area contributed by atoms with Crippen molar-refractivity contribution in [3.63, 3.8) is 0 Å². The number of hydrogen-bond donors (Lipinski definition) is 1. The van der Waals surface area contributed by atoms with Crippen LogP contribution in [0.5, 0.6) is 0 Å². The maximum absolute atomic E-state index is 4.30. The minimum absolute atomic E-state index is 1.10. The van der Waals surface area contributed by atoms with Gasteiger partial charge in [-0.2, -0.15) is 0 Å². The lowest BCUT2D eigenvalue weighted by Gasteiger charge is -2.18. The third kappa shape index (κ3) is 3.04. The summed E-state index contributed by atoms with van der Waals surface area (Å²) < 4.78 is 0. The Kier molecular flexibility index (Phi) is 3.91. The van der Waals surface area contributed by atoms with Gasteiger partial charge in [-0.25, -0.2) is 4.98 Å². The molecular weight excluding hydrogens is 194 g/mol. The van der Waals surface area contributed by atoms with Crippen LogP contribution in [0, 0.1) is 0 Å². The van der Waals surface area contributed by atoms with Crippen molar-refractivity contribution in [1.82, 2.24) is 15.2 Å². The molecule has 0 aliphatic carbocycles. The van der Waals surface area contributed by atoms with E-state index in [0.29, 0.717) is 0 Å². The SMILES string of the molecule is c1nc(CCN2CCCNCC2)cs1. The number of hydrogen-bond acceptors (Lipinski definition) is 4. The van der Waals surface area contributed by atoms with Gasteiger partial charge in [0.1, 0.15) is 0 Å². The van der Waals surface area contributed by atoms with E-state index in [1.54, 1.807) is 11.3 Å². The zero-order valence-corrected chi connectivity index (χ0v) is 9.22. The smallest absolute Gasteiger partial charge is 0.0794 e. The van der Waals surface area contributed by atoms with Gasteiger partial charge in [0.15, 0.2) is 0 Å². The van der Waals surface area contributed by atoms with Crippen molar-refractivity contribution in [3.05, 3.63) is 16.6 Å². The van der Waals surface area contributed by atoms with E-state index in [4.69, 9.17) is 0 Å². The van der Waals surface area contributed by atoms with E-state index in [0.717, 1.165) is 19.5 Å². The molecule has 0 saturated carbocycles. The largest absolute Gasteiger partial charge is 0.315 e. The van der Waals surface area contributed by atoms with Crippen LogP contribution in [0.3, 0.4) is 0 Å². The average molecular weight is 211 g/mol. The Morgan fingerprint density at radius 2 is 2.43 bits per heavy atom. The highest BCUT2D eigenvalue weighted by atomic mass is 32.1. The first-order valence-electron chi connectivity index (χ1n) is 5.25.